The summed E-state index contributed by atoms with van der Waals surface area (Å²) in [5.74, 6) is -1.83. The standard InChI is InChI=1S/C16H20ClN3O5/c1-8(15(22)20-5-3-4-12(20)16(23)24)19-14(21)9-6-10(17)11(18)7-13(9)25-2/h6-8,12H,3-5,18H2,1-2H3,(H,19,21)(H,23,24). The third kappa shape index (κ3) is 3.96. The highest BCUT2D eigenvalue weighted by Gasteiger charge is 2.36. The van der Waals surface area contributed by atoms with Crippen LogP contribution in [0.2, 0.25) is 5.02 Å². The lowest BCUT2D eigenvalue weighted by molar-refractivity contribution is -0.148. The van der Waals surface area contributed by atoms with E-state index in [1.54, 1.807) is 0 Å². The number of nitrogens with zero attached hydrogens (tertiary/aromatic N) is 1. The van der Waals surface area contributed by atoms with Crippen molar-refractivity contribution in [3.8, 4) is 5.75 Å². The van der Waals surface area contributed by atoms with Crippen molar-refractivity contribution in [3.05, 3.63) is 22.7 Å². The van der Waals surface area contributed by atoms with Crippen LogP contribution < -0.4 is 15.8 Å². The fraction of sp³-hybridized carbons (Fsp3) is 0.438. The molecule has 25 heavy (non-hydrogen) atoms. The minimum Gasteiger partial charge on any atom is -0.496 e. The quantitative estimate of drug-likeness (QED) is 0.668. The number of anilines is 1. The second-order valence-corrected chi connectivity index (χ2v) is 6.20. The number of hydrogen-bond acceptors (Lipinski definition) is 5. The number of ether oxygens (including phenoxy) is 1. The second-order valence-electron chi connectivity index (χ2n) is 5.80. The first-order valence-corrected chi connectivity index (χ1v) is 8.11. The molecule has 2 atom stereocenters. The van der Waals surface area contributed by atoms with Gasteiger partial charge in [-0.25, -0.2) is 4.79 Å². The average Bonchev–Trinajstić information content (AvgIpc) is 3.05. The first kappa shape index (κ1) is 18.9. The normalized spacial score (nSPS) is 17.9. The van der Waals surface area contributed by atoms with Crippen LogP contribution in [0.5, 0.6) is 5.75 Å². The van der Waals surface area contributed by atoms with Crippen LogP contribution in [0.1, 0.15) is 30.1 Å². The van der Waals surface area contributed by atoms with Gasteiger partial charge in [-0.1, -0.05) is 11.6 Å². The van der Waals surface area contributed by atoms with Crippen LogP contribution in [0.4, 0.5) is 5.69 Å². The lowest BCUT2D eigenvalue weighted by Gasteiger charge is -2.25. The number of benzene rings is 1. The van der Waals surface area contributed by atoms with Gasteiger partial charge < -0.3 is 25.8 Å². The lowest BCUT2D eigenvalue weighted by atomic mass is 10.1. The van der Waals surface area contributed by atoms with Crippen molar-refractivity contribution in [2.24, 2.45) is 0 Å². The van der Waals surface area contributed by atoms with Gasteiger partial charge in [-0.2, -0.15) is 0 Å². The molecule has 1 fully saturated rings. The molecule has 0 aliphatic carbocycles. The van der Waals surface area contributed by atoms with Crippen LogP contribution in [0.15, 0.2) is 12.1 Å². The van der Waals surface area contributed by atoms with Crippen molar-refractivity contribution in [1.82, 2.24) is 10.2 Å². The Bertz CT molecular complexity index is 709. The molecule has 1 saturated heterocycles. The molecule has 1 aliphatic rings. The molecule has 2 rings (SSSR count). The maximum atomic E-state index is 12.5. The maximum absolute atomic E-state index is 12.5. The number of carbonyl (C=O) groups excluding carboxylic acids is 2. The molecular weight excluding hydrogens is 350 g/mol. The zero-order chi connectivity index (χ0) is 18.7. The van der Waals surface area contributed by atoms with Gasteiger partial charge in [0.25, 0.3) is 5.91 Å². The molecule has 1 aliphatic heterocycles. The van der Waals surface area contributed by atoms with E-state index >= 15 is 0 Å². The number of nitrogens with two attached hydrogens (primary N) is 1. The first-order valence-electron chi connectivity index (χ1n) is 7.73. The predicted octanol–water partition coefficient (Wildman–Crippen LogP) is 1.12. The highest BCUT2D eigenvalue weighted by atomic mass is 35.5. The Balaban J connectivity index is 2.14. The number of methoxy groups -OCH3 is 1. The molecule has 8 nitrogen and oxygen atoms in total. The average molecular weight is 370 g/mol. The lowest BCUT2D eigenvalue weighted by Crippen LogP contribution is -2.50. The van der Waals surface area contributed by atoms with E-state index in [-0.39, 0.29) is 22.0 Å². The fourth-order valence-corrected chi connectivity index (χ4v) is 2.95. The van der Waals surface area contributed by atoms with Crippen LogP contribution in [0.3, 0.4) is 0 Å². The van der Waals surface area contributed by atoms with Gasteiger partial charge in [-0.15, -0.1) is 0 Å². The Morgan fingerprint density at radius 3 is 2.72 bits per heavy atom. The molecule has 1 heterocycles. The van der Waals surface area contributed by atoms with Gasteiger partial charge in [0, 0.05) is 12.6 Å². The zero-order valence-corrected chi connectivity index (χ0v) is 14.7. The summed E-state index contributed by atoms with van der Waals surface area (Å²) < 4.78 is 5.12. The second kappa shape index (κ2) is 7.60. The van der Waals surface area contributed by atoms with Crippen molar-refractivity contribution < 1.29 is 24.2 Å². The summed E-state index contributed by atoms with van der Waals surface area (Å²) in [6.45, 7) is 1.86. The van der Waals surface area contributed by atoms with Crippen LogP contribution in [-0.2, 0) is 9.59 Å². The molecule has 4 N–H and O–H groups in total. The number of rotatable bonds is 5. The third-order valence-electron chi connectivity index (χ3n) is 4.10. The zero-order valence-electron chi connectivity index (χ0n) is 13.9. The van der Waals surface area contributed by atoms with Gasteiger partial charge in [0.05, 0.1) is 23.4 Å². The van der Waals surface area contributed by atoms with E-state index in [0.29, 0.717) is 19.4 Å². The van der Waals surface area contributed by atoms with Crippen molar-refractivity contribution in [1.29, 1.82) is 0 Å². The molecule has 0 aromatic heterocycles. The number of likely N-dealkylation sites (tertiary alicyclic amines) is 1. The van der Waals surface area contributed by atoms with Crippen LogP contribution >= 0.6 is 11.6 Å². The highest BCUT2D eigenvalue weighted by Crippen LogP contribution is 2.29. The van der Waals surface area contributed by atoms with E-state index in [9.17, 15) is 19.5 Å². The summed E-state index contributed by atoms with van der Waals surface area (Å²) in [6, 6.07) is 1.03. The Kier molecular flexibility index (Phi) is 5.73. The Morgan fingerprint density at radius 1 is 1.44 bits per heavy atom. The Labute approximate surface area is 149 Å². The van der Waals surface area contributed by atoms with Gasteiger partial charge in [0.1, 0.15) is 17.8 Å². The minimum absolute atomic E-state index is 0.137. The molecule has 0 spiro atoms. The molecule has 0 saturated carbocycles. The molecule has 0 bridgehead atoms. The smallest absolute Gasteiger partial charge is 0.326 e. The maximum Gasteiger partial charge on any atom is 0.326 e. The van der Waals surface area contributed by atoms with Gasteiger partial charge in [-0.3, -0.25) is 9.59 Å². The van der Waals surface area contributed by atoms with E-state index in [1.165, 1.54) is 31.1 Å². The van der Waals surface area contributed by atoms with Crippen molar-refractivity contribution >= 4 is 35.1 Å². The molecule has 0 radical (unpaired) electrons. The number of amides is 2. The number of hydrogen-bond donors (Lipinski definition) is 3. The molecular formula is C16H20ClN3O5. The molecule has 1 aromatic carbocycles. The Morgan fingerprint density at radius 2 is 2.12 bits per heavy atom. The number of carboxylic acid groups (broad SMARTS) is 1. The van der Waals surface area contributed by atoms with E-state index in [4.69, 9.17) is 22.1 Å². The van der Waals surface area contributed by atoms with Crippen molar-refractivity contribution in [2.45, 2.75) is 31.8 Å². The van der Waals surface area contributed by atoms with Crippen LogP contribution in [0, 0.1) is 0 Å². The van der Waals surface area contributed by atoms with Crippen molar-refractivity contribution in [3.63, 3.8) is 0 Å². The SMILES string of the molecule is COc1cc(N)c(Cl)cc1C(=O)NC(C)C(=O)N1CCCC1C(=O)O. The van der Waals surface area contributed by atoms with E-state index in [1.807, 2.05) is 0 Å². The molecule has 9 heteroatoms. The largest absolute Gasteiger partial charge is 0.496 e. The number of nitrogens with one attached hydrogen (secondary N) is 1. The predicted molar refractivity (Wildman–Crippen MR) is 91.7 cm³/mol. The van der Waals surface area contributed by atoms with Gasteiger partial charge in [0.2, 0.25) is 5.91 Å². The van der Waals surface area contributed by atoms with Gasteiger partial charge in [-0.05, 0) is 25.8 Å². The molecule has 1 aromatic rings. The van der Waals surface area contributed by atoms with Crippen molar-refractivity contribution in [2.75, 3.05) is 19.4 Å². The summed E-state index contributed by atoms with van der Waals surface area (Å²) >= 11 is 5.94. The summed E-state index contributed by atoms with van der Waals surface area (Å²) in [5, 5.41) is 11.9. The summed E-state index contributed by atoms with van der Waals surface area (Å²) in [6.07, 6.45) is 1.02. The molecule has 2 unspecified atom stereocenters. The Hall–Kier alpha value is -2.48. The summed E-state index contributed by atoms with van der Waals surface area (Å²) in [7, 11) is 1.38. The topological polar surface area (TPSA) is 122 Å². The monoisotopic (exact) mass is 369 g/mol. The minimum atomic E-state index is -1.05. The van der Waals surface area contributed by atoms with E-state index in [2.05, 4.69) is 5.32 Å². The summed E-state index contributed by atoms with van der Waals surface area (Å²) in [5.41, 5.74) is 6.08. The summed E-state index contributed by atoms with van der Waals surface area (Å²) in [4.78, 5) is 37.4. The third-order valence-corrected chi connectivity index (χ3v) is 4.43. The van der Waals surface area contributed by atoms with Crippen LogP contribution in [-0.4, -0.2) is 53.5 Å². The van der Waals surface area contributed by atoms with Crippen LogP contribution in [0.25, 0.3) is 0 Å². The number of carbonyl (C=O) groups is 3. The first-order chi connectivity index (χ1) is 11.8. The number of carboxylic acids is 1. The van der Waals surface area contributed by atoms with Gasteiger partial charge in [0.15, 0.2) is 0 Å². The molecule has 136 valence electrons. The number of aliphatic carboxylic acids is 1. The van der Waals surface area contributed by atoms with E-state index < -0.39 is 29.9 Å². The fourth-order valence-electron chi connectivity index (χ4n) is 2.79. The number of nitrogen functional groups attached to an aromatic ring is 1. The van der Waals surface area contributed by atoms with Gasteiger partial charge >= 0.3 is 5.97 Å². The van der Waals surface area contributed by atoms with E-state index in [0.717, 1.165) is 0 Å². The highest BCUT2D eigenvalue weighted by molar-refractivity contribution is 6.33. The number of halogens is 1. The molecule has 2 amide bonds.